The van der Waals surface area contributed by atoms with Crippen LogP contribution in [0.5, 0.6) is 0 Å². The highest BCUT2D eigenvalue weighted by atomic mass is 79.9. The Kier molecular flexibility index (Phi) is 4.91. The Labute approximate surface area is 138 Å². The van der Waals surface area contributed by atoms with E-state index < -0.39 is 10.0 Å². The van der Waals surface area contributed by atoms with Gasteiger partial charge in [0.05, 0.1) is 4.90 Å². The highest BCUT2D eigenvalue weighted by Gasteiger charge is 2.18. The first kappa shape index (κ1) is 16.0. The van der Waals surface area contributed by atoms with E-state index in [2.05, 4.69) is 36.6 Å². The summed E-state index contributed by atoms with van der Waals surface area (Å²) in [6.45, 7) is 1.99. The summed E-state index contributed by atoms with van der Waals surface area (Å²) in [5, 5.41) is 1.91. The molecule has 20 heavy (non-hydrogen) atoms. The Balaban J connectivity index is 2.24. The number of hydrogen-bond acceptors (Lipinski definition) is 4. The first-order valence-electron chi connectivity index (χ1n) is 5.58. The molecular weight excluding hydrogens is 428 g/mol. The second-order valence-electron chi connectivity index (χ2n) is 4.20. The van der Waals surface area contributed by atoms with E-state index in [1.54, 1.807) is 13.0 Å². The fourth-order valence-corrected chi connectivity index (χ4v) is 4.85. The smallest absolute Gasteiger partial charge is 0.241 e. The maximum atomic E-state index is 12.3. The zero-order valence-electron chi connectivity index (χ0n) is 10.5. The van der Waals surface area contributed by atoms with Gasteiger partial charge in [-0.2, -0.15) is 0 Å². The number of rotatable bonds is 4. The Morgan fingerprint density at radius 3 is 2.60 bits per heavy atom. The van der Waals surface area contributed by atoms with Crippen LogP contribution in [-0.4, -0.2) is 8.42 Å². The van der Waals surface area contributed by atoms with Crippen LogP contribution in [-0.2, 0) is 16.6 Å². The van der Waals surface area contributed by atoms with Crippen molar-refractivity contribution in [3.05, 3.63) is 43.0 Å². The summed E-state index contributed by atoms with van der Waals surface area (Å²) in [4.78, 5) is 1.14. The van der Waals surface area contributed by atoms with Crippen LogP contribution in [0.4, 0.5) is 5.69 Å². The molecular formula is C12H12Br2N2O2S2. The maximum Gasteiger partial charge on any atom is 0.241 e. The quantitative estimate of drug-likeness (QED) is 0.714. The van der Waals surface area contributed by atoms with Crippen LogP contribution in [0.15, 0.2) is 37.4 Å². The molecule has 0 amide bonds. The van der Waals surface area contributed by atoms with Gasteiger partial charge in [0.15, 0.2) is 0 Å². The van der Waals surface area contributed by atoms with Crippen LogP contribution in [0.2, 0.25) is 0 Å². The molecule has 4 nitrogen and oxygen atoms in total. The molecule has 1 aromatic heterocycles. The molecule has 0 spiro atoms. The number of sulfonamides is 1. The first-order chi connectivity index (χ1) is 9.29. The molecule has 1 aromatic carbocycles. The molecule has 0 saturated heterocycles. The summed E-state index contributed by atoms with van der Waals surface area (Å²) in [6, 6.07) is 5.05. The summed E-state index contributed by atoms with van der Waals surface area (Å²) in [5.74, 6) is 0. The normalized spacial score (nSPS) is 11.8. The monoisotopic (exact) mass is 438 g/mol. The summed E-state index contributed by atoms with van der Waals surface area (Å²) in [5.41, 5.74) is 6.80. The molecule has 0 aliphatic rings. The number of nitrogens with one attached hydrogen (secondary N) is 1. The number of nitrogen functional groups attached to an aromatic ring is 1. The molecule has 0 saturated carbocycles. The van der Waals surface area contributed by atoms with Gasteiger partial charge < -0.3 is 5.73 Å². The highest BCUT2D eigenvalue weighted by Crippen LogP contribution is 2.27. The van der Waals surface area contributed by atoms with Crippen LogP contribution in [0.1, 0.15) is 10.4 Å². The molecule has 0 aliphatic heterocycles. The number of anilines is 1. The largest absolute Gasteiger partial charge is 0.398 e. The minimum atomic E-state index is -3.58. The van der Waals surface area contributed by atoms with Gasteiger partial charge in [0, 0.05) is 31.4 Å². The lowest BCUT2D eigenvalue weighted by Crippen LogP contribution is -2.23. The lowest BCUT2D eigenvalue weighted by Gasteiger charge is -2.10. The van der Waals surface area contributed by atoms with Crippen molar-refractivity contribution in [2.45, 2.75) is 18.4 Å². The van der Waals surface area contributed by atoms with Crippen molar-refractivity contribution < 1.29 is 8.42 Å². The summed E-state index contributed by atoms with van der Waals surface area (Å²) >= 11 is 8.11. The third kappa shape index (κ3) is 3.62. The van der Waals surface area contributed by atoms with Gasteiger partial charge in [0.1, 0.15) is 0 Å². The SMILES string of the molecule is Cc1cc(Br)c(N)cc1S(=O)(=O)NCc1cc(Br)cs1. The van der Waals surface area contributed by atoms with E-state index in [0.29, 0.717) is 15.7 Å². The van der Waals surface area contributed by atoms with E-state index in [-0.39, 0.29) is 11.4 Å². The lowest BCUT2D eigenvalue weighted by atomic mass is 10.2. The average Bonchev–Trinajstić information content (AvgIpc) is 2.77. The van der Waals surface area contributed by atoms with Crippen LogP contribution >= 0.6 is 43.2 Å². The Bertz CT molecular complexity index is 742. The highest BCUT2D eigenvalue weighted by molar-refractivity contribution is 9.10. The molecule has 0 bridgehead atoms. The molecule has 8 heteroatoms. The topological polar surface area (TPSA) is 72.2 Å². The molecule has 3 N–H and O–H groups in total. The van der Waals surface area contributed by atoms with Gasteiger partial charge in [-0.15, -0.1) is 11.3 Å². The number of aryl methyl sites for hydroxylation is 1. The van der Waals surface area contributed by atoms with Crippen molar-refractivity contribution in [1.29, 1.82) is 0 Å². The fourth-order valence-electron chi connectivity index (χ4n) is 1.65. The predicted molar refractivity (Wildman–Crippen MR) is 89.3 cm³/mol. The molecule has 2 aromatic rings. The third-order valence-electron chi connectivity index (χ3n) is 2.64. The molecule has 0 unspecified atom stereocenters. The van der Waals surface area contributed by atoms with Gasteiger partial charge in [-0.25, -0.2) is 13.1 Å². The molecule has 108 valence electrons. The minimum absolute atomic E-state index is 0.203. The van der Waals surface area contributed by atoms with Crippen molar-refractivity contribution in [3.63, 3.8) is 0 Å². The van der Waals surface area contributed by atoms with Crippen molar-refractivity contribution in [2.75, 3.05) is 5.73 Å². The van der Waals surface area contributed by atoms with Crippen molar-refractivity contribution >= 4 is 58.9 Å². The standard InChI is InChI=1S/C12H12Br2N2O2S2/c1-7-2-10(14)11(15)4-12(7)20(17,18)16-5-9-3-8(13)6-19-9/h2-4,6,16H,5,15H2,1H3. The van der Waals surface area contributed by atoms with Crippen LogP contribution in [0.25, 0.3) is 0 Å². The molecule has 2 rings (SSSR count). The second kappa shape index (κ2) is 6.15. The number of thiophene rings is 1. The minimum Gasteiger partial charge on any atom is -0.398 e. The van der Waals surface area contributed by atoms with E-state index >= 15 is 0 Å². The zero-order chi connectivity index (χ0) is 14.9. The Hall–Kier alpha value is -0.410. The van der Waals surface area contributed by atoms with Gasteiger partial charge in [-0.05, 0) is 62.5 Å². The van der Waals surface area contributed by atoms with Gasteiger partial charge in [0.25, 0.3) is 0 Å². The molecule has 0 aliphatic carbocycles. The Morgan fingerprint density at radius 1 is 1.30 bits per heavy atom. The summed E-state index contributed by atoms with van der Waals surface area (Å²) < 4.78 is 28.8. The first-order valence-corrected chi connectivity index (χ1v) is 9.52. The lowest BCUT2D eigenvalue weighted by molar-refractivity contribution is 0.581. The number of benzene rings is 1. The van der Waals surface area contributed by atoms with Gasteiger partial charge in [-0.1, -0.05) is 0 Å². The molecule has 1 heterocycles. The van der Waals surface area contributed by atoms with Gasteiger partial charge in [0.2, 0.25) is 10.0 Å². The van der Waals surface area contributed by atoms with Gasteiger partial charge >= 0.3 is 0 Å². The van der Waals surface area contributed by atoms with E-state index in [1.165, 1.54) is 17.4 Å². The summed E-state index contributed by atoms with van der Waals surface area (Å²) in [6.07, 6.45) is 0. The molecule has 0 fully saturated rings. The van der Waals surface area contributed by atoms with Crippen LogP contribution in [0, 0.1) is 6.92 Å². The van der Waals surface area contributed by atoms with E-state index in [9.17, 15) is 8.42 Å². The van der Waals surface area contributed by atoms with Crippen LogP contribution in [0.3, 0.4) is 0 Å². The summed E-state index contributed by atoms with van der Waals surface area (Å²) in [7, 11) is -3.58. The predicted octanol–water partition coefficient (Wildman–Crippen LogP) is 3.64. The van der Waals surface area contributed by atoms with Crippen molar-refractivity contribution in [1.82, 2.24) is 4.72 Å². The maximum absolute atomic E-state index is 12.3. The molecule has 0 radical (unpaired) electrons. The van der Waals surface area contributed by atoms with Crippen molar-refractivity contribution in [3.8, 4) is 0 Å². The zero-order valence-corrected chi connectivity index (χ0v) is 15.3. The Morgan fingerprint density at radius 2 is 2.00 bits per heavy atom. The fraction of sp³-hybridized carbons (Fsp3) is 0.167. The number of nitrogens with two attached hydrogens (primary N) is 1. The number of hydrogen-bond donors (Lipinski definition) is 2. The van der Waals surface area contributed by atoms with Gasteiger partial charge in [-0.3, -0.25) is 0 Å². The second-order valence-corrected chi connectivity index (χ2v) is 8.70. The third-order valence-corrected chi connectivity index (χ3v) is 6.57. The van der Waals surface area contributed by atoms with E-state index in [4.69, 9.17) is 5.73 Å². The van der Waals surface area contributed by atoms with Crippen LogP contribution < -0.4 is 10.5 Å². The van der Waals surface area contributed by atoms with Crippen molar-refractivity contribution in [2.24, 2.45) is 0 Å². The number of halogens is 2. The van der Waals surface area contributed by atoms with E-state index in [1.807, 2.05) is 11.4 Å². The van der Waals surface area contributed by atoms with E-state index in [0.717, 1.165) is 9.35 Å². The average molecular weight is 440 g/mol. The molecule has 0 atom stereocenters.